The highest BCUT2D eigenvalue weighted by molar-refractivity contribution is 6.55. The molecule has 8 heteroatoms. The molecule has 1 heterocycles. The van der Waals surface area contributed by atoms with E-state index in [9.17, 15) is 24.7 Å². The summed E-state index contributed by atoms with van der Waals surface area (Å²) < 4.78 is 11.5. The van der Waals surface area contributed by atoms with E-state index < -0.39 is 13.2 Å². The molecule has 0 unspecified atom stereocenters. The van der Waals surface area contributed by atoms with Crippen molar-refractivity contribution in [3.05, 3.63) is 54.1 Å². The summed E-state index contributed by atoms with van der Waals surface area (Å²) >= 11 is 0. The number of aliphatic hydroxyl groups excluding tert-OH is 1. The molecule has 208 valence electrons. The van der Waals surface area contributed by atoms with Crippen LogP contribution in [0.5, 0.6) is 0 Å². The summed E-state index contributed by atoms with van der Waals surface area (Å²) in [6, 6.07) is 8.19. The van der Waals surface area contributed by atoms with E-state index in [4.69, 9.17) is 9.47 Å². The van der Waals surface area contributed by atoms with Crippen molar-refractivity contribution in [1.82, 2.24) is 0 Å². The molecule has 1 N–H and O–H groups in total. The van der Waals surface area contributed by atoms with Gasteiger partial charge in [0.05, 0.1) is 18.4 Å². The largest absolute Gasteiger partial charge is 0.889 e. The Balaban J connectivity index is 0.000000375. The Hall–Kier alpha value is -2.42. The van der Waals surface area contributed by atoms with Crippen molar-refractivity contribution in [3.8, 4) is 0 Å². The SMILES string of the molecule is CC[C@H](C)C(=O)O[C@H]1C[C@@H](C)C=C2C=C[C@H](C)[C@H](CC[C@@H]3C[C@@H](O)CC(=O)O3)[C@H]21.[O-]B([O-])c1ccccc1. The Bertz CT molecular complexity index is 976. The maximum absolute atomic E-state index is 12.5. The monoisotopic (exact) mass is 524 g/mol. The summed E-state index contributed by atoms with van der Waals surface area (Å²) in [5.74, 6) is 0.755. The van der Waals surface area contributed by atoms with Gasteiger partial charge in [-0.2, -0.15) is 0 Å². The highest BCUT2D eigenvalue weighted by Crippen LogP contribution is 2.45. The number of benzene rings is 1. The summed E-state index contributed by atoms with van der Waals surface area (Å²) in [7, 11) is -1.84. The van der Waals surface area contributed by atoms with E-state index in [1.165, 1.54) is 17.7 Å². The van der Waals surface area contributed by atoms with Gasteiger partial charge in [-0.15, -0.1) is 5.46 Å². The summed E-state index contributed by atoms with van der Waals surface area (Å²) in [5.41, 5.74) is 1.58. The molecule has 3 aliphatic rings. The molecule has 0 spiro atoms. The van der Waals surface area contributed by atoms with Crippen molar-refractivity contribution in [3.63, 3.8) is 0 Å². The zero-order chi connectivity index (χ0) is 27.8. The third-order valence-corrected chi connectivity index (χ3v) is 8.01. The summed E-state index contributed by atoms with van der Waals surface area (Å²) in [6.45, 7) is 8.33. The van der Waals surface area contributed by atoms with Crippen molar-refractivity contribution < 1.29 is 34.2 Å². The average molecular weight is 524 g/mol. The number of rotatable bonds is 7. The average Bonchev–Trinajstić information content (AvgIpc) is 2.88. The lowest BCUT2D eigenvalue weighted by Crippen LogP contribution is -2.54. The molecule has 0 radical (unpaired) electrons. The van der Waals surface area contributed by atoms with Crippen LogP contribution < -0.4 is 15.5 Å². The van der Waals surface area contributed by atoms with Gasteiger partial charge >= 0.3 is 11.9 Å². The lowest BCUT2D eigenvalue weighted by atomic mass is 9.65. The molecule has 2 aliphatic carbocycles. The van der Waals surface area contributed by atoms with Crippen LogP contribution in [0.15, 0.2) is 54.1 Å². The topological polar surface area (TPSA) is 119 Å². The Kier molecular flexibility index (Phi) is 11.2. The van der Waals surface area contributed by atoms with Crippen molar-refractivity contribution in [2.45, 2.75) is 84.5 Å². The van der Waals surface area contributed by atoms with Gasteiger partial charge in [-0.1, -0.05) is 83.4 Å². The van der Waals surface area contributed by atoms with Crippen LogP contribution in [0.2, 0.25) is 0 Å². The van der Waals surface area contributed by atoms with E-state index in [1.807, 2.05) is 13.8 Å². The van der Waals surface area contributed by atoms with Gasteiger partial charge in [0.2, 0.25) is 0 Å². The second kappa shape index (κ2) is 14.1. The third-order valence-electron chi connectivity index (χ3n) is 8.01. The molecule has 0 bridgehead atoms. The first-order chi connectivity index (χ1) is 18.1. The van der Waals surface area contributed by atoms with Crippen molar-refractivity contribution >= 4 is 24.5 Å². The zero-order valence-electron chi connectivity index (χ0n) is 23.0. The van der Waals surface area contributed by atoms with Gasteiger partial charge < -0.3 is 24.6 Å². The number of fused-ring (bicyclic) bond motifs is 1. The van der Waals surface area contributed by atoms with Crippen LogP contribution >= 0.6 is 0 Å². The summed E-state index contributed by atoms with van der Waals surface area (Å²) in [4.78, 5) is 24.2. The molecule has 0 amide bonds. The van der Waals surface area contributed by atoms with Gasteiger partial charge in [0.15, 0.2) is 0 Å². The molecule has 1 aromatic carbocycles. The van der Waals surface area contributed by atoms with E-state index in [1.54, 1.807) is 18.2 Å². The smallest absolute Gasteiger partial charge is 0.308 e. The Labute approximate surface area is 227 Å². The second-order valence-corrected chi connectivity index (χ2v) is 11.1. The Morgan fingerprint density at radius 2 is 1.89 bits per heavy atom. The fraction of sp³-hybridized carbons (Fsp3) is 0.600. The molecule has 38 heavy (non-hydrogen) atoms. The van der Waals surface area contributed by atoms with Crippen LogP contribution in [0.25, 0.3) is 0 Å². The van der Waals surface area contributed by atoms with Crippen LogP contribution in [0, 0.1) is 29.6 Å². The first-order valence-electron chi connectivity index (χ1n) is 13.9. The molecule has 0 aromatic heterocycles. The fourth-order valence-corrected chi connectivity index (χ4v) is 5.68. The number of allylic oxidation sites excluding steroid dienone is 3. The number of aliphatic hydroxyl groups is 1. The lowest BCUT2D eigenvalue weighted by molar-refractivity contribution is -0.341. The predicted octanol–water partition coefficient (Wildman–Crippen LogP) is 2.30. The molecule has 7 nitrogen and oxygen atoms in total. The number of carbonyl (C=O) groups is 2. The van der Waals surface area contributed by atoms with Gasteiger partial charge in [0, 0.05) is 12.3 Å². The molecule has 0 saturated carbocycles. The lowest BCUT2D eigenvalue weighted by Gasteiger charge is -2.43. The van der Waals surface area contributed by atoms with Crippen LogP contribution in [0.1, 0.15) is 66.2 Å². The van der Waals surface area contributed by atoms with Gasteiger partial charge in [-0.3, -0.25) is 9.59 Å². The van der Waals surface area contributed by atoms with Gasteiger partial charge in [0.1, 0.15) is 12.2 Å². The van der Waals surface area contributed by atoms with E-state index in [0.29, 0.717) is 29.6 Å². The predicted molar refractivity (Wildman–Crippen MR) is 143 cm³/mol. The van der Waals surface area contributed by atoms with Crippen molar-refractivity contribution in [2.24, 2.45) is 29.6 Å². The molecular weight excluding hydrogens is 483 g/mol. The van der Waals surface area contributed by atoms with Crippen molar-refractivity contribution in [1.29, 1.82) is 0 Å². The van der Waals surface area contributed by atoms with E-state index in [0.717, 1.165) is 25.7 Å². The number of hydrogen-bond donors (Lipinski definition) is 1. The normalized spacial score (nSPS) is 31.1. The van der Waals surface area contributed by atoms with Gasteiger partial charge in [0.25, 0.3) is 0 Å². The fourth-order valence-electron chi connectivity index (χ4n) is 5.68. The number of hydrogen-bond acceptors (Lipinski definition) is 7. The Morgan fingerprint density at radius 3 is 2.50 bits per heavy atom. The van der Waals surface area contributed by atoms with Crippen molar-refractivity contribution in [2.75, 3.05) is 0 Å². The number of ether oxygens (including phenoxy) is 2. The van der Waals surface area contributed by atoms with Crippen LogP contribution in [0.3, 0.4) is 0 Å². The van der Waals surface area contributed by atoms with Crippen LogP contribution in [0.4, 0.5) is 0 Å². The van der Waals surface area contributed by atoms with Gasteiger partial charge in [-0.05, 0) is 49.0 Å². The highest BCUT2D eigenvalue weighted by Gasteiger charge is 2.42. The van der Waals surface area contributed by atoms with E-state index in [2.05, 4.69) is 32.1 Å². The molecular formula is C30H41BO7-2. The maximum Gasteiger partial charge on any atom is 0.308 e. The number of esters is 2. The number of carbonyl (C=O) groups excluding carboxylic acids is 2. The summed E-state index contributed by atoms with van der Waals surface area (Å²) in [6.07, 6.45) is 9.70. The molecule has 1 aliphatic heterocycles. The second-order valence-electron chi connectivity index (χ2n) is 11.1. The molecule has 8 atom stereocenters. The van der Waals surface area contributed by atoms with Crippen LogP contribution in [-0.4, -0.2) is 42.5 Å². The van der Waals surface area contributed by atoms with Crippen LogP contribution in [-0.2, 0) is 19.1 Å². The zero-order valence-corrected chi connectivity index (χ0v) is 23.0. The third kappa shape index (κ3) is 8.29. The van der Waals surface area contributed by atoms with E-state index >= 15 is 0 Å². The summed E-state index contributed by atoms with van der Waals surface area (Å²) in [5, 5.41) is 30.2. The minimum atomic E-state index is -1.84. The molecule has 1 fully saturated rings. The van der Waals surface area contributed by atoms with E-state index in [-0.39, 0.29) is 42.4 Å². The van der Waals surface area contributed by atoms with Gasteiger partial charge in [-0.25, -0.2) is 0 Å². The minimum absolute atomic E-state index is 0.0854. The minimum Gasteiger partial charge on any atom is -0.889 e. The molecule has 4 rings (SSSR count). The first-order valence-corrected chi connectivity index (χ1v) is 13.9. The Morgan fingerprint density at radius 1 is 1.18 bits per heavy atom. The maximum atomic E-state index is 12.5. The quantitative estimate of drug-likeness (QED) is 0.430. The highest BCUT2D eigenvalue weighted by atomic mass is 16.6. The number of cyclic esters (lactones) is 1. The molecule has 1 aromatic rings. The standard InChI is InChI=1S/C24H36O5.C6H5BO2/c1-5-15(3)24(27)29-21-11-14(2)10-17-7-6-16(4)20(23(17)21)9-8-19-12-18(25)13-22(26)28-19;8-7(9)6-4-2-1-3-5-6/h6-7,10,14-16,18-21,23,25H,5,8-9,11-13H2,1-4H3;1-5H/q;-2/t14-,15-,16-,18+,19+,20-,21-,23-;/m0./s1. The first kappa shape index (κ1) is 30.1. The molecule has 1 saturated heterocycles.